The van der Waals surface area contributed by atoms with Gasteiger partial charge in [-0.1, -0.05) is 36.7 Å². The van der Waals surface area contributed by atoms with Gasteiger partial charge >= 0.3 is 0 Å². The molecule has 0 saturated heterocycles. The Hall–Kier alpha value is -2.56. The van der Waals surface area contributed by atoms with Gasteiger partial charge in [0.25, 0.3) is 0 Å². The summed E-state index contributed by atoms with van der Waals surface area (Å²) in [6.07, 6.45) is 6.23. The molecular weight excluding hydrogens is 380 g/mol. The molecule has 150 valence electrons. The van der Waals surface area contributed by atoms with Crippen LogP contribution in [0.1, 0.15) is 25.3 Å². The number of hydrogen-bond acceptors (Lipinski definition) is 3. The summed E-state index contributed by atoms with van der Waals surface area (Å²) in [5.41, 5.74) is 4.63. The van der Waals surface area contributed by atoms with Crippen molar-refractivity contribution >= 4 is 39.1 Å². The molecule has 0 aliphatic carbocycles. The van der Waals surface area contributed by atoms with Crippen molar-refractivity contribution in [3.8, 4) is 0 Å². The summed E-state index contributed by atoms with van der Waals surface area (Å²) in [7, 11) is 0. The Bertz CT molecular complexity index is 1090. The van der Waals surface area contributed by atoms with E-state index in [0.717, 1.165) is 60.6 Å². The normalized spacial score (nSPS) is 11.6. The minimum absolute atomic E-state index is 0.717. The fourth-order valence-electron chi connectivity index (χ4n) is 3.89. The molecule has 4 nitrogen and oxygen atoms in total. The number of para-hydroxylation sites is 1. The van der Waals surface area contributed by atoms with Crippen LogP contribution in [-0.2, 0) is 6.54 Å². The van der Waals surface area contributed by atoms with Crippen LogP contribution in [0.2, 0.25) is 5.02 Å². The van der Waals surface area contributed by atoms with Crippen molar-refractivity contribution in [2.75, 3.05) is 25.0 Å². The van der Waals surface area contributed by atoms with E-state index in [2.05, 4.69) is 57.6 Å². The first-order chi connectivity index (χ1) is 14.2. The third-order valence-corrected chi connectivity index (χ3v) is 5.52. The second-order valence-corrected chi connectivity index (χ2v) is 7.87. The van der Waals surface area contributed by atoms with E-state index in [1.165, 1.54) is 16.5 Å². The first-order valence-electron chi connectivity index (χ1n) is 10.3. The van der Waals surface area contributed by atoms with Crippen molar-refractivity contribution in [3.05, 3.63) is 71.5 Å². The van der Waals surface area contributed by atoms with E-state index >= 15 is 0 Å². The standard InChI is InChI=1S/C24H27ClN4/c1-2-13-29(17-18-16-28-22-7-4-3-6-20(18)22)14-5-11-26-23-10-12-27-24-15-19(25)8-9-21(23)24/h3-4,6-10,12,15-16,28H,2,5,11,13-14,17H2,1H3,(H,26,27). The van der Waals surface area contributed by atoms with Gasteiger partial charge in [-0.3, -0.25) is 9.88 Å². The van der Waals surface area contributed by atoms with Gasteiger partial charge in [0.2, 0.25) is 0 Å². The van der Waals surface area contributed by atoms with Crippen molar-refractivity contribution in [1.82, 2.24) is 14.9 Å². The lowest BCUT2D eigenvalue weighted by Crippen LogP contribution is -2.26. The summed E-state index contributed by atoms with van der Waals surface area (Å²) < 4.78 is 0. The van der Waals surface area contributed by atoms with E-state index < -0.39 is 0 Å². The molecule has 0 amide bonds. The van der Waals surface area contributed by atoms with E-state index in [9.17, 15) is 0 Å². The van der Waals surface area contributed by atoms with Crippen LogP contribution in [0.15, 0.2) is 60.9 Å². The molecule has 2 heterocycles. The van der Waals surface area contributed by atoms with Crippen LogP contribution < -0.4 is 5.32 Å². The smallest absolute Gasteiger partial charge is 0.0737 e. The minimum atomic E-state index is 0.717. The topological polar surface area (TPSA) is 44.0 Å². The van der Waals surface area contributed by atoms with E-state index in [-0.39, 0.29) is 0 Å². The lowest BCUT2D eigenvalue weighted by molar-refractivity contribution is 0.266. The number of H-pyrrole nitrogens is 1. The SMILES string of the molecule is CCCN(CCCNc1ccnc2cc(Cl)ccc12)Cc1c[nH]c2ccccc12. The Morgan fingerprint density at radius 2 is 1.97 bits per heavy atom. The summed E-state index contributed by atoms with van der Waals surface area (Å²) in [5, 5.41) is 6.73. The van der Waals surface area contributed by atoms with E-state index in [0.29, 0.717) is 0 Å². The zero-order chi connectivity index (χ0) is 20.1. The highest BCUT2D eigenvalue weighted by Gasteiger charge is 2.09. The summed E-state index contributed by atoms with van der Waals surface area (Å²) in [6, 6.07) is 16.4. The molecule has 0 spiro atoms. The molecule has 0 fully saturated rings. The molecule has 0 bridgehead atoms. The van der Waals surface area contributed by atoms with Gasteiger partial charge in [-0.25, -0.2) is 0 Å². The van der Waals surface area contributed by atoms with Gasteiger partial charge < -0.3 is 10.3 Å². The highest BCUT2D eigenvalue weighted by atomic mass is 35.5. The lowest BCUT2D eigenvalue weighted by atomic mass is 10.1. The largest absolute Gasteiger partial charge is 0.384 e. The molecule has 2 aromatic carbocycles. The van der Waals surface area contributed by atoms with E-state index in [4.69, 9.17) is 11.6 Å². The number of rotatable bonds is 9. The van der Waals surface area contributed by atoms with Crippen LogP contribution in [0.4, 0.5) is 5.69 Å². The third-order valence-electron chi connectivity index (χ3n) is 5.28. The molecule has 0 radical (unpaired) electrons. The predicted octanol–water partition coefficient (Wildman–Crippen LogP) is 6.08. The van der Waals surface area contributed by atoms with Crippen molar-refractivity contribution in [2.24, 2.45) is 0 Å². The van der Waals surface area contributed by atoms with Gasteiger partial charge in [0, 0.05) is 59.0 Å². The number of anilines is 1. The number of nitrogens with one attached hydrogen (secondary N) is 2. The molecular formula is C24H27ClN4. The Morgan fingerprint density at radius 1 is 1.07 bits per heavy atom. The summed E-state index contributed by atoms with van der Waals surface area (Å²) in [5.74, 6) is 0. The average Bonchev–Trinajstić information content (AvgIpc) is 3.14. The van der Waals surface area contributed by atoms with Crippen LogP contribution in [0.5, 0.6) is 0 Å². The number of aromatic nitrogens is 2. The fraction of sp³-hybridized carbons (Fsp3) is 0.292. The fourth-order valence-corrected chi connectivity index (χ4v) is 4.06. The summed E-state index contributed by atoms with van der Waals surface area (Å²) >= 11 is 6.09. The van der Waals surface area contributed by atoms with Gasteiger partial charge in [0.1, 0.15) is 0 Å². The van der Waals surface area contributed by atoms with Crippen LogP contribution in [-0.4, -0.2) is 34.5 Å². The van der Waals surface area contributed by atoms with Gasteiger partial charge in [-0.05, 0) is 55.3 Å². The number of nitrogens with zero attached hydrogens (tertiary/aromatic N) is 2. The molecule has 4 rings (SSSR count). The molecule has 5 heteroatoms. The van der Waals surface area contributed by atoms with E-state index in [1.54, 1.807) is 0 Å². The third kappa shape index (κ3) is 4.72. The number of fused-ring (bicyclic) bond motifs is 2. The van der Waals surface area contributed by atoms with Crippen LogP contribution in [0, 0.1) is 0 Å². The number of halogens is 1. The summed E-state index contributed by atoms with van der Waals surface area (Å²) in [4.78, 5) is 10.3. The van der Waals surface area contributed by atoms with E-state index in [1.807, 2.05) is 30.5 Å². The van der Waals surface area contributed by atoms with Crippen molar-refractivity contribution < 1.29 is 0 Å². The zero-order valence-corrected chi connectivity index (χ0v) is 17.5. The molecule has 0 aliphatic rings. The Kier molecular flexibility index (Phi) is 6.33. The molecule has 0 atom stereocenters. The van der Waals surface area contributed by atoms with Crippen molar-refractivity contribution in [1.29, 1.82) is 0 Å². The van der Waals surface area contributed by atoms with Crippen molar-refractivity contribution in [3.63, 3.8) is 0 Å². The highest BCUT2D eigenvalue weighted by Crippen LogP contribution is 2.24. The number of benzene rings is 2. The molecule has 2 N–H and O–H groups in total. The first-order valence-corrected chi connectivity index (χ1v) is 10.7. The predicted molar refractivity (Wildman–Crippen MR) is 124 cm³/mol. The second kappa shape index (κ2) is 9.29. The monoisotopic (exact) mass is 406 g/mol. The molecule has 0 unspecified atom stereocenters. The second-order valence-electron chi connectivity index (χ2n) is 7.44. The van der Waals surface area contributed by atoms with Crippen molar-refractivity contribution in [2.45, 2.75) is 26.3 Å². The Labute approximate surface area is 176 Å². The molecule has 0 saturated carbocycles. The maximum atomic E-state index is 6.09. The van der Waals surface area contributed by atoms with Gasteiger partial charge in [0.05, 0.1) is 5.52 Å². The maximum absolute atomic E-state index is 6.09. The lowest BCUT2D eigenvalue weighted by Gasteiger charge is -2.21. The van der Waals surface area contributed by atoms with Gasteiger partial charge in [0.15, 0.2) is 0 Å². The van der Waals surface area contributed by atoms with Crippen LogP contribution in [0.25, 0.3) is 21.8 Å². The Morgan fingerprint density at radius 3 is 2.86 bits per heavy atom. The number of aromatic amines is 1. The maximum Gasteiger partial charge on any atom is 0.0737 e. The molecule has 4 aromatic rings. The number of hydrogen-bond donors (Lipinski definition) is 2. The minimum Gasteiger partial charge on any atom is -0.384 e. The zero-order valence-electron chi connectivity index (χ0n) is 16.8. The number of pyridine rings is 1. The van der Waals surface area contributed by atoms with Crippen LogP contribution in [0.3, 0.4) is 0 Å². The average molecular weight is 407 g/mol. The highest BCUT2D eigenvalue weighted by molar-refractivity contribution is 6.31. The van der Waals surface area contributed by atoms with Gasteiger partial charge in [-0.15, -0.1) is 0 Å². The Balaban J connectivity index is 1.36. The quantitative estimate of drug-likeness (QED) is 0.331. The first kappa shape index (κ1) is 19.7. The molecule has 29 heavy (non-hydrogen) atoms. The molecule has 0 aliphatic heterocycles. The summed E-state index contributed by atoms with van der Waals surface area (Å²) in [6.45, 7) is 6.32. The van der Waals surface area contributed by atoms with Gasteiger partial charge in [-0.2, -0.15) is 0 Å². The van der Waals surface area contributed by atoms with Crippen LogP contribution >= 0.6 is 11.6 Å². The molecule has 2 aromatic heterocycles.